The SMILES string of the molecule is Cn1ccc2ccc(-c3ccc4ncc(S(=O)(=O)N5CCOCC5)c(Nc5ccccc5C(=O)O)c4c3)cc21. The van der Waals surface area contributed by atoms with Gasteiger partial charge in [0.15, 0.2) is 0 Å². The van der Waals surface area contributed by atoms with Crippen LogP contribution in [0.2, 0.25) is 0 Å². The fraction of sp³-hybridized carbons (Fsp3) is 0.172. The molecular weight excluding hydrogens is 516 g/mol. The zero-order valence-corrected chi connectivity index (χ0v) is 22.0. The minimum Gasteiger partial charge on any atom is -0.478 e. The van der Waals surface area contributed by atoms with E-state index in [0.29, 0.717) is 24.1 Å². The van der Waals surface area contributed by atoms with Gasteiger partial charge in [-0.1, -0.05) is 30.3 Å². The van der Waals surface area contributed by atoms with E-state index in [1.165, 1.54) is 16.6 Å². The van der Waals surface area contributed by atoms with Crippen LogP contribution in [-0.2, 0) is 21.8 Å². The van der Waals surface area contributed by atoms with Gasteiger partial charge in [-0.25, -0.2) is 13.2 Å². The lowest BCUT2D eigenvalue weighted by molar-refractivity contribution is 0.0698. The molecule has 2 aromatic heterocycles. The normalized spacial score (nSPS) is 14.6. The molecule has 0 saturated carbocycles. The molecule has 1 fully saturated rings. The number of ether oxygens (including phenoxy) is 1. The second-order valence-electron chi connectivity index (χ2n) is 9.42. The Balaban J connectivity index is 1.57. The van der Waals surface area contributed by atoms with Gasteiger partial charge in [-0.05, 0) is 52.9 Å². The van der Waals surface area contributed by atoms with Crippen molar-refractivity contribution in [3.05, 3.63) is 84.7 Å². The Morgan fingerprint density at radius 1 is 1.00 bits per heavy atom. The maximum atomic E-state index is 13.8. The van der Waals surface area contributed by atoms with Gasteiger partial charge in [0.25, 0.3) is 0 Å². The number of fused-ring (bicyclic) bond motifs is 2. The summed E-state index contributed by atoms with van der Waals surface area (Å²) in [5.41, 5.74) is 4.08. The van der Waals surface area contributed by atoms with E-state index in [-0.39, 0.29) is 34.9 Å². The Bertz CT molecular complexity index is 1840. The minimum absolute atomic E-state index is 0.0212. The van der Waals surface area contributed by atoms with Gasteiger partial charge in [0.1, 0.15) is 4.90 Å². The van der Waals surface area contributed by atoms with Crippen LogP contribution in [0.1, 0.15) is 10.4 Å². The highest BCUT2D eigenvalue weighted by Crippen LogP contribution is 2.37. The van der Waals surface area contributed by atoms with Gasteiger partial charge in [0.05, 0.1) is 35.7 Å². The maximum Gasteiger partial charge on any atom is 0.337 e. The highest BCUT2D eigenvalue weighted by atomic mass is 32.2. The molecule has 10 heteroatoms. The molecule has 0 radical (unpaired) electrons. The van der Waals surface area contributed by atoms with Crippen molar-refractivity contribution in [1.82, 2.24) is 13.9 Å². The third kappa shape index (κ3) is 4.52. The zero-order chi connectivity index (χ0) is 27.1. The fourth-order valence-corrected chi connectivity index (χ4v) is 6.47. The van der Waals surface area contributed by atoms with Crippen LogP contribution in [0.3, 0.4) is 0 Å². The Kier molecular flexibility index (Phi) is 6.30. The molecule has 3 aromatic carbocycles. The molecule has 0 spiro atoms. The molecule has 3 heterocycles. The van der Waals surface area contributed by atoms with Crippen molar-refractivity contribution in [3.8, 4) is 11.1 Å². The molecule has 1 saturated heterocycles. The number of aromatic nitrogens is 2. The molecule has 39 heavy (non-hydrogen) atoms. The van der Waals surface area contributed by atoms with E-state index in [4.69, 9.17) is 4.74 Å². The van der Waals surface area contributed by atoms with E-state index < -0.39 is 16.0 Å². The van der Waals surface area contributed by atoms with Crippen LogP contribution in [0.5, 0.6) is 0 Å². The first-order valence-electron chi connectivity index (χ1n) is 12.5. The van der Waals surface area contributed by atoms with Crippen molar-refractivity contribution < 1.29 is 23.1 Å². The predicted octanol–water partition coefficient (Wildman–Crippen LogP) is 4.86. The van der Waals surface area contributed by atoms with Crippen molar-refractivity contribution in [2.24, 2.45) is 7.05 Å². The predicted molar refractivity (Wildman–Crippen MR) is 150 cm³/mol. The van der Waals surface area contributed by atoms with Crippen LogP contribution < -0.4 is 5.32 Å². The number of carboxylic acids is 1. The molecule has 1 aliphatic rings. The Labute approximate surface area is 225 Å². The van der Waals surface area contributed by atoms with Crippen LogP contribution in [0.15, 0.2) is 84.0 Å². The molecule has 0 bridgehead atoms. The quantitative estimate of drug-likeness (QED) is 0.315. The first-order valence-corrected chi connectivity index (χ1v) is 13.9. The number of carboxylic acid groups (broad SMARTS) is 1. The summed E-state index contributed by atoms with van der Waals surface area (Å²) in [5.74, 6) is -1.12. The summed E-state index contributed by atoms with van der Waals surface area (Å²) < 4.78 is 36.5. The average molecular weight is 543 g/mol. The Morgan fingerprint density at radius 3 is 2.54 bits per heavy atom. The van der Waals surface area contributed by atoms with Gasteiger partial charge in [-0.2, -0.15) is 4.31 Å². The van der Waals surface area contributed by atoms with Crippen LogP contribution >= 0.6 is 0 Å². The molecule has 0 aliphatic carbocycles. The number of morpholine rings is 1. The number of anilines is 2. The van der Waals surface area contributed by atoms with Gasteiger partial charge in [-0.3, -0.25) is 4.98 Å². The lowest BCUT2D eigenvalue weighted by Crippen LogP contribution is -2.40. The van der Waals surface area contributed by atoms with Crippen LogP contribution in [-0.4, -0.2) is 59.7 Å². The molecular formula is C29H26N4O5S. The van der Waals surface area contributed by atoms with Crippen molar-refractivity contribution in [1.29, 1.82) is 0 Å². The number of aromatic carboxylic acids is 1. The maximum absolute atomic E-state index is 13.8. The summed E-state index contributed by atoms with van der Waals surface area (Å²) >= 11 is 0. The smallest absolute Gasteiger partial charge is 0.337 e. The van der Waals surface area contributed by atoms with E-state index in [1.54, 1.807) is 18.2 Å². The number of rotatable bonds is 6. The van der Waals surface area contributed by atoms with Gasteiger partial charge in [0, 0.05) is 43.4 Å². The lowest BCUT2D eigenvalue weighted by atomic mass is 10.0. The molecule has 198 valence electrons. The van der Waals surface area contributed by atoms with E-state index in [2.05, 4.69) is 22.4 Å². The standard InChI is InChI=1S/C29H26N4O5S/c1-32-11-10-19-6-7-21(17-26(19)32)20-8-9-24-23(16-20)28(31-25-5-3-2-4-22(25)29(34)35)27(18-30-24)39(36,37)33-12-14-38-15-13-33/h2-11,16-18H,12-15H2,1H3,(H,30,31)(H,34,35). The van der Waals surface area contributed by atoms with Crippen LogP contribution in [0, 0.1) is 0 Å². The number of para-hydroxylation sites is 1. The topological polar surface area (TPSA) is 114 Å². The highest BCUT2D eigenvalue weighted by molar-refractivity contribution is 7.89. The highest BCUT2D eigenvalue weighted by Gasteiger charge is 2.30. The summed E-state index contributed by atoms with van der Waals surface area (Å²) in [6.07, 6.45) is 3.35. The van der Waals surface area contributed by atoms with Gasteiger partial charge < -0.3 is 19.7 Å². The molecule has 0 amide bonds. The molecule has 0 atom stereocenters. The van der Waals surface area contributed by atoms with Crippen LogP contribution in [0.4, 0.5) is 11.4 Å². The molecule has 6 rings (SSSR count). The van der Waals surface area contributed by atoms with Crippen molar-refractivity contribution >= 4 is 49.2 Å². The van der Waals surface area contributed by atoms with Crippen LogP contribution in [0.25, 0.3) is 32.9 Å². The second-order valence-corrected chi connectivity index (χ2v) is 11.3. The number of aryl methyl sites for hydroxylation is 1. The van der Waals surface area contributed by atoms with Crippen molar-refractivity contribution in [3.63, 3.8) is 0 Å². The number of pyridine rings is 1. The third-order valence-corrected chi connectivity index (χ3v) is 8.97. The zero-order valence-electron chi connectivity index (χ0n) is 21.2. The number of nitrogens with zero attached hydrogens (tertiary/aromatic N) is 3. The van der Waals surface area contributed by atoms with E-state index in [1.807, 2.05) is 48.1 Å². The number of hydrogen-bond acceptors (Lipinski definition) is 6. The second kappa shape index (κ2) is 9.81. The first kappa shape index (κ1) is 25.1. The number of hydrogen-bond donors (Lipinski definition) is 2. The van der Waals surface area contributed by atoms with Crippen molar-refractivity contribution in [2.75, 3.05) is 31.6 Å². The Morgan fingerprint density at radius 2 is 1.74 bits per heavy atom. The minimum atomic E-state index is -3.96. The summed E-state index contributed by atoms with van der Waals surface area (Å²) in [6.45, 7) is 1.05. The van der Waals surface area contributed by atoms with E-state index in [0.717, 1.165) is 22.0 Å². The fourth-order valence-electron chi connectivity index (χ4n) is 4.96. The number of nitrogens with one attached hydrogen (secondary N) is 1. The molecule has 1 aliphatic heterocycles. The Hall–Kier alpha value is -4.25. The monoisotopic (exact) mass is 542 g/mol. The number of carbonyl (C=O) groups is 1. The number of benzene rings is 3. The van der Waals surface area contributed by atoms with E-state index >= 15 is 0 Å². The molecule has 2 N–H and O–H groups in total. The lowest BCUT2D eigenvalue weighted by Gasteiger charge is -2.27. The van der Waals surface area contributed by atoms with Gasteiger partial charge in [0.2, 0.25) is 10.0 Å². The average Bonchev–Trinajstić information content (AvgIpc) is 3.33. The van der Waals surface area contributed by atoms with Crippen molar-refractivity contribution in [2.45, 2.75) is 4.90 Å². The first-order chi connectivity index (χ1) is 18.8. The largest absolute Gasteiger partial charge is 0.478 e. The summed E-state index contributed by atoms with van der Waals surface area (Å²) in [7, 11) is -1.98. The van der Waals surface area contributed by atoms with E-state index in [9.17, 15) is 18.3 Å². The molecule has 9 nitrogen and oxygen atoms in total. The number of sulfonamides is 1. The summed E-state index contributed by atoms with van der Waals surface area (Å²) in [5, 5.41) is 14.6. The summed E-state index contributed by atoms with van der Waals surface area (Å²) in [4.78, 5) is 16.4. The van der Waals surface area contributed by atoms with Gasteiger partial charge in [-0.15, -0.1) is 0 Å². The third-order valence-electron chi connectivity index (χ3n) is 7.06. The summed E-state index contributed by atoms with van der Waals surface area (Å²) in [6, 6.07) is 20.3. The molecule has 0 unspecified atom stereocenters. The molecule has 5 aromatic rings. The van der Waals surface area contributed by atoms with Gasteiger partial charge >= 0.3 is 5.97 Å².